The average Bonchev–Trinajstić information content (AvgIpc) is 2.75. The molecule has 3 heterocycles. The number of hydrogen-bond donors (Lipinski definition) is 1. The summed E-state index contributed by atoms with van der Waals surface area (Å²) in [4.78, 5) is 27.7. The molecule has 0 aromatic heterocycles. The normalized spacial score (nSPS) is 27.6. The first-order valence-corrected chi connectivity index (χ1v) is 10.4. The van der Waals surface area contributed by atoms with Crippen molar-refractivity contribution >= 4 is 12.0 Å². The van der Waals surface area contributed by atoms with Crippen molar-refractivity contribution in [2.24, 2.45) is 0 Å². The number of benzene rings is 1. The number of nitrogens with one attached hydrogen (secondary N) is 1. The van der Waals surface area contributed by atoms with Crippen LogP contribution in [0, 0.1) is 0 Å². The molecule has 164 valence electrons. The number of alkyl carbamates (subject to hydrolysis) is 1. The first kappa shape index (κ1) is 20.8. The van der Waals surface area contributed by atoms with Gasteiger partial charge >= 0.3 is 6.09 Å². The van der Waals surface area contributed by atoms with E-state index >= 15 is 0 Å². The van der Waals surface area contributed by atoms with E-state index in [2.05, 4.69) is 5.32 Å². The molecule has 0 unspecified atom stereocenters. The number of methoxy groups -OCH3 is 2. The lowest BCUT2D eigenvalue weighted by atomic mass is 9.84. The molecule has 4 rings (SSSR count). The summed E-state index contributed by atoms with van der Waals surface area (Å²) in [6.45, 7) is 5.83. The van der Waals surface area contributed by atoms with Crippen molar-refractivity contribution in [1.82, 2.24) is 10.2 Å². The molecule has 2 amide bonds. The van der Waals surface area contributed by atoms with Gasteiger partial charge in [0.25, 0.3) is 0 Å². The maximum Gasteiger partial charge on any atom is 0.408 e. The van der Waals surface area contributed by atoms with Crippen molar-refractivity contribution in [2.75, 3.05) is 20.8 Å². The van der Waals surface area contributed by atoms with Gasteiger partial charge in [0, 0.05) is 0 Å². The number of carbonyl (C=O) groups excluding carboxylic acids is 2. The fourth-order valence-corrected chi connectivity index (χ4v) is 4.75. The Balaban J connectivity index is 1.64. The van der Waals surface area contributed by atoms with E-state index in [1.54, 1.807) is 35.0 Å². The number of nitrogens with zero attached hydrogens (tertiary/aromatic N) is 1. The van der Waals surface area contributed by atoms with Crippen molar-refractivity contribution in [3.63, 3.8) is 0 Å². The lowest BCUT2D eigenvalue weighted by molar-refractivity contribution is -0.155. The monoisotopic (exact) mass is 418 g/mol. The van der Waals surface area contributed by atoms with Gasteiger partial charge in [0.15, 0.2) is 11.5 Å². The Kier molecular flexibility index (Phi) is 5.30. The Morgan fingerprint density at radius 1 is 1.17 bits per heavy atom. The minimum atomic E-state index is -0.627. The lowest BCUT2D eigenvalue weighted by Gasteiger charge is -2.49. The highest BCUT2D eigenvalue weighted by Gasteiger charge is 2.49. The SMILES string of the molecule is COc1cc2c(cc1OC)[C@@H]1CO[C@H]3CC[C@@H](NC(=O)OC(C)(C)C)C(=O)N1[C@H]3C2. The van der Waals surface area contributed by atoms with Crippen molar-refractivity contribution in [2.45, 2.75) is 69.9 Å². The number of fused-ring (bicyclic) bond motifs is 2. The van der Waals surface area contributed by atoms with Crippen LogP contribution in [-0.4, -0.2) is 61.5 Å². The number of carbonyl (C=O) groups is 2. The van der Waals surface area contributed by atoms with Crippen molar-refractivity contribution in [3.05, 3.63) is 23.3 Å². The quantitative estimate of drug-likeness (QED) is 0.812. The second kappa shape index (κ2) is 7.65. The molecule has 8 heteroatoms. The average molecular weight is 418 g/mol. The molecule has 3 aliphatic rings. The molecular weight excluding hydrogens is 388 g/mol. The highest BCUT2D eigenvalue weighted by atomic mass is 16.6. The Morgan fingerprint density at radius 3 is 2.53 bits per heavy atom. The third kappa shape index (κ3) is 3.69. The third-order valence-electron chi connectivity index (χ3n) is 6.01. The maximum absolute atomic E-state index is 13.5. The van der Waals surface area contributed by atoms with E-state index < -0.39 is 17.7 Å². The summed E-state index contributed by atoms with van der Waals surface area (Å²) < 4.78 is 22.5. The van der Waals surface area contributed by atoms with Crippen LogP contribution in [0.1, 0.15) is 50.8 Å². The van der Waals surface area contributed by atoms with Crippen LogP contribution in [0.3, 0.4) is 0 Å². The molecule has 1 N–H and O–H groups in total. The Morgan fingerprint density at radius 2 is 1.87 bits per heavy atom. The fraction of sp³-hybridized carbons (Fsp3) is 0.636. The zero-order valence-electron chi connectivity index (χ0n) is 18.2. The van der Waals surface area contributed by atoms with E-state index in [1.165, 1.54) is 0 Å². The third-order valence-corrected chi connectivity index (χ3v) is 6.01. The number of rotatable bonds is 3. The van der Waals surface area contributed by atoms with Crippen molar-refractivity contribution in [3.8, 4) is 11.5 Å². The number of ether oxygens (including phenoxy) is 4. The molecule has 8 nitrogen and oxygen atoms in total. The predicted molar refractivity (Wildman–Crippen MR) is 109 cm³/mol. The Bertz CT molecular complexity index is 849. The van der Waals surface area contributed by atoms with Crippen LogP contribution in [0.4, 0.5) is 4.79 Å². The van der Waals surface area contributed by atoms with E-state index in [0.717, 1.165) is 11.1 Å². The summed E-state index contributed by atoms with van der Waals surface area (Å²) in [5, 5.41) is 2.78. The number of morpholine rings is 1. The van der Waals surface area contributed by atoms with Gasteiger partial charge in [0.05, 0.1) is 39.0 Å². The minimum absolute atomic E-state index is 0.0584. The highest BCUT2D eigenvalue weighted by Crippen LogP contribution is 2.45. The van der Waals surface area contributed by atoms with Crippen LogP contribution in [0.2, 0.25) is 0 Å². The van der Waals surface area contributed by atoms with E-state index in [4.69, 9.17) is 18.9 Å². The van der Waals surface area contributed by atoms with Gasteiger partial charge in [-0.3, -0.25) is 4.79 Å². The van der Waals surface area contributed by atoms with Gasteiger partial charge in [-0.2, -0.15) is 0 Å². The zero-order valence-corrected chi connectivity index (χ0v) is 18.2. The molecule has 4 atom stereocenters. The molecule has 0 radical (unpaired) electrons. The second-order valence-electron chi connectivity index (χ2n) is 9.09. The van der Waals surface area contributed by atoms with E-state index in [0.29, 0.717) is 37.4 Å². The molecule has 1 aromatic rings. The summed E-state index contributed by atoms with van der Waals surface area (Å²) in [5.74, 6) is 1.23. The van der Waals surface area contributed by atoms with Gasteiger partial charge in [-0.1, -0.05) is 0 Å². The topological polar surface area (TPSA) is 86.3 Å². The van der Waals surface area contributed by atoms with Crippen LogP contribution in [0.5, 0.6) is 11.5 Å². The highest BCUT2D eigenvalue weighted by molar-refractivity contribution is 5.87. The van der Waals surface area contributed by atoms with Crippen LogP contribution in [0.15, 0.2) is 12.1 Å². The van der Waals surface area contributed by atoms with E-state index in [9.17, 15) is 9.59 Å². The fourth-order valence-electron chi connectivity index (χ4n) is 4.75. The van der Waals surface area contributed by atoms with Crippen molar-refractivity contribution in [1.29, 1.82) is 0 Å². The van der Waals surface area contributed by atoms with Gasteiger partial charge < -0.3 is 29.2 Å². The molecule has 0 aliphatic carbocycles. The summed E-state index contributed by atoms with van der Waals surface area (Å²) in [5.41, 5.74) is 1.54. The van der Waals surface area contributed by atoms with Crippen LogP contribution < -0.4 is 14.8 Å². The molecule has 2 saturated heterocycles. The smallest absolute Gasteiger partial charge is 0.408 e. The summed E-state index contributed by atoms with van der Waals surface area (Å²) >= 11 is 0. The van der Waals surface area contributed by atoms with E-state index in [-0.39, 0.29) is 24.1 Å². The van der Waals surface area contributed by atoms with Gasteiger partial charge in [-0.05, 0) is 63.3 Å². The van der Waals surface area contributed by atoms with Crippen molar-refractivity contribution < 1.29 is 28.5 Å². The van der Waals surface area contributed by atoms with Gasteiger partial charge in [-0.15, -0.1) is 0 Å². The van der Waals surface area contributed by atoms with Gasteiger partial charge in [-0.25, -0.2) is 4.79 Å². The van der Waals surface area contributed by atoms with Crippen LogP contribution in [0.25, 0.3) is 0 Å². The second-order valence-corrected chi connectivity index (χ2v) is 9.09. The minimum Gasteiger partial charge on any atom is -0.493 e. The van der Waals surface area contributed by atoms with Crippen LogP contribution in [-0.2, 0) is 20.7 Å². The summed E-state index contributed by atoms with van der Waals surface area (Å²) in [6, 6.07) is 3.04. The van der Waals surface area contributed by atoms with Gasteiger partial charge in [0.2, 0.25) is 5.91 Å². The molecule has 1 aromatic carbocycles. The number of hydrogen-bond acceptors (Lipinski definition) is 6. The van der Waals surface area contributed by atoms with Crippen LogP contribution >= 0.6 is 0 Å². The summed E-state index contributed by atoms with van der Waals surface area (Å²) in [6.07, 6.45) is 1.27. The lowest BCUT2D eigenvalue weighted by Crippen LogP contribution is -2.60. The Hall–Kier alpha value is -2.48. The zero-order chi connectivity index (χ0) is 21.6. The molecule has 30 heavy (non-hydrogen) atoms. The molecule has 0 saturated carbocycles. The molecule has 4 bridgehead atoms. The Labute approximate surface area is 176 Å². The predicted octanol–water partition coefficient (Wildman–Crippen LogP) is 2.58. The standard InChI is InChI=1S/C22H30N2O6/c1-22(2,3)30-21(26)23-14-6-7-17-15-8-12-9-18(27-4)19(28-5)10-13(12)16(11-29-17)24(15)20(14)25/h9-10,14-17H,6-8,11H2,1-5H3,(H,23,26)/t14-,15+,16+,17+/m1/s1. The molecule has 3 aliphatic heterocycles. The number of amides is 2. The summed E-state index contributed by atoms with van der Waals surface area (Å²) in [7, 11) is 3.22. The first-order valence-electron chi connectivity index (χ1n) is 10.4. The largest absolute Gasteiger partial charge is 0.493 e. The van der Waals surface area contributed by atoms with E-state index in [1.807, 2.05) is 17.0 Å². The molecule has 0 spiro atoms. The van der Waals surface area contributed by atoms with Gasteiger partial charge in [0.1, 0.15) is 11.6 Å². The maximum atomic E-state index is 13.5. The molecule has 2 fully saturated rings. The first-order chi connectivity index (χ1) is 14.2. The molecular formula is C22H30N2O6.